The number of fused-ring (bicyclic) bond motifs is 4. The maximum Gasteiger partial charge on any atom is 1.00 e. The third kappa shape index (κ3) is 20.1. The number of halogens is 12. The van der Waals surface area contributed by atoms with Crippen molar-refractivity contribution in [2.75, 3.05) is 91.6 Å². The van der Waals surface area contributed by atoms with E-state index >= 15 is 0 Å². The molecule has 4 aliphatic heterocycles. The van der Waals surface area contributed by atoms with Gasteiger partial charge in [-0.15, -0.1) is 26.3 Å². The Morgan fingerprint density at radius 3 is 0.600 bits per heavy atom. The minimum Gasteiger partial charge on any atom is 1.00 e. The van der Waals surface area contributed by atoms with Crippen LogP contribution in [0, 0.1) is 26.7 Å². The van der Waals surface area contributed by atoms with E-state index < -0.39 is 15.6 Å². The minimum atomic E-state index is -10.7. The quantitative estimate of drug-likeness (QED) is 0.0474. The molecule has 4 aliphatic rings. The predicted octanol–water partition coefficient (Wildman–Crippen LogP) is 15.5. The van der Waals surface area contributed by atoms with E-state index in [1.807, 2.05) is 24.3 Å². The fourth-order valence-electron chi connectivity index (χ4n) is 7.23. The molecule has 0 aliphatic carbocycles. The summed E-state index contributed by atoms with van der Waals surface area (Å²) in [5.41, 5.74) is 9.62. The van der Waals surface area contributed by atoms with Crippen LogP contribution in [0.5, 0.6) is 0 Å². The van der Waals surface area contributed by atoms with E-state index in [0.29, 0.717) is 0 Å². The largest absolute Gasteiger partial charge is 1.00 e. The molecule has 0 saturated heterocycles. The second-order valence-electron chi connectivity index (χ2n) is 15.2. The van der Waals surface area contributed by atoms with Crippen LogP contribution in [0.4, 0.5) is 95.9 Å². The first-order valence-corrected chi connectivity index (χ1v) is 24.8. The molecule has 0 amide bonds. The molecule has 0 spiro atoms. The zero-order valence-corrected chi connectivity index (χ0v) is 41.8. The van der Waals surface area contributed by atoms with Gasteiger partial charge < -0.3 is 39.2 Å². The molecule has 70 heavy (non-hydrogen) atoms. The Kier molecular flexibility index (Phi) is 19.4. The van der Waals surface area contributed by atoms with Crippen molar-refractivity contribution in [3.05, 3.63) is 174 Å². The normalized spacial score (nSPS) is 16.3. The molecule has 8 nitrogen and oxygen atoms in total. The molecule has 0 saturated carbocycles. The van der Waals surface area contributed by atoms with Gasteiger partial charge in [0.2, 0.25) is 26.7 Å². The average molecular weight is 1220 g/mol. The van der Waals surface area contributed by atoms with Crippen LogP contribution >= 0.6 is 15.6 Å². The molecule has 0 N–H and O–H groups in total. The Morgan fingerprint density at radius 1 is 0.314 bits per heavy atom. The third-order valence-electron chi connectivity index (χ3n) is 9.59. The van der Waals surface area contributed by atoms with Crippen LogP contribution in [-0.2, 0) is 44.8 Å². The Bertz CT molecular complexity index is 2080. The maximum absolute atomic E-state index is 10.7. The van der Waals surface area contributed by atoms with Crippen molar-refractivity contribution >= 4 is 61.1 Å². The molecule has 4 aromatic rings. The molecule has 0 unspecified atom stereocenters. The molecule has 24 heteroatoms. The van der Waals surface area contributed by atoms with Crippen LogP contribution < -0.4 is 39.2 Å². The van der Waals surface area contributed by atoms with Gasteiger partial charge in [-0.05, 0) is 61.4 Å². The van der Waals surface area contributed by atoms with Crippen LogP contribution in [0.3, 0.4) is 0 Å². The first-order chi connectivity index (χ1) is 31.5. The van der Waals surface area contributed by atoms with E-state index in [4.69, 9.17) is 0 Å². The second kappa shape index (κ2) is 22.7. The second-order valence-corrected chi connectivity index (χ2v) is 19.0. The Balaban J connectivity index is 0.000000285. The number of benzene rings is 4. The summed E-state index contributed by atoms with van der Waals surface area (Å²) in [6.45, 7) is 36.0. The van der Waals surface area contributed by atoms with E-state index in [2.05, 4.69) is 189 Å². The summed E-state index contributed by atoms with van der Waals surface area (Å²) in [7, 11) is -21.3. The molecular weight excluding hydrogens is 1170 g/mol. The average Bonchev–Trinajstić information content (AvgIpc) is 3.98. The van der Waals surface area contributed by atoms with Gasteiger partial charge in [0.25, 0.3) is 0 Å². The molecule has 4 aromatic carbocycles. The monoisotopic (exact) mass is 1220 g/mol. The van der Waals surface area contributed by atoms with E-state index in [9.17, 15) is 50.4 Å². The van der Waals surface area contributed by atoms with Gasteiger partial charge in [0.15, 0.2) is 0 Å². The third-order valence-corrected chi connectivity index (χ3v) is 9.59. The summed E-state index contributed by atoms with van der Waals surface area (Å²) in [6, 6.07) is 33.8. The fraction of sp³-hybridized carbons (Fsp3) is 0.217. The van der Waals surface area contributed by atoms with Gasteiger partial charge in [-0.1, -0.05) is 72.8 Å². The number of rotatable bonds is 16. The number of hydrogen-bond acceptors (Lipinski definition) is 8. The zero-order chi connectivity index (χ0) is 50.1. The van der Waals surface area contributed by atoms with Gasteiger partial charge in [0, 0.05) is 52.4 Å². The zero-order valence-electron chi connectivity index (χ0n) is 37.1. The number of anilines is 8. The summed E-state index contributed by atoms with van der Waals surface area (Å²) < 4.78 is 118. The van der Waals surface area contributed by atoms with Gasteiger partial charge in [-0.2, -0.15) is 0 Å². The van der Waals surface area contributed by atoms with Crippen LogP contribution in [0.15, 0.2) is 148 Å². The molecular formula is C46H48Ag2F12N8P2. The molecule has 0 atom stereocenters. The van der Waals surface area contributed by atoms with E-state index in [1.165, 1.54) is 45.5 Å². The Labute approximate surface area is 432 Å². The van der Waals surface area contributed by atoms with Gasteiger partial charge in [0.05, 0.1) is 45.5 Å². The summed E-state index contributed by atoms with van der Waals surface area (Å²) in [6.07, 6.45) is 9.65. The Morgan fingerprint density at radius 2 is 0.457 bits per heavy atom. The smallest absolute Gasteiger partial charge is 1.00 e. The first kappa shape index (κ1) is 60.0. The molecule has 8 rings (SSSR count). The summed E-state index contributed by atoms with van der Waals surface area (Å²) >= 11 is 0. The fourth-order valence-corrected chi connectivity index (χ4v) is 7.23. The van der Waals surface area contributed by atoms with E-state index in [1.54, 1.807) is 0 Å². The number of nitrogens with zero attached hydrogens (tertiary/aromatic N) is 8. The Hall–Kier alpha value is -4.26. The van der Waals surface area contributed by atoms with Crippen LogP contribution in [0.25, 0.3) is 0 Å². The summed E-state index contributed by atoms with van der Waals surface area (Å²) in [5.74, 6) is 0. The van der Waals surface area contributed by atoms with Crippen molar-refractivity contribution in [1.29, 1.82) is 0 Å². The van der Waals surface area contributed by atoms with Crippen molar-refractivity contribution in [3.63, 3.8) is 0 Å². The van der Waals surface area contributed by atoms with Gasteiger partial charge >= 0.3 is 111 Å². The van der Waals surface area contributed by atoms with Crippen molar-refractivity contribution in [1.82, 2.24) is 0 Å². The summed E-state index contributed by atoms with van der Waals surface area (Å²) in [4.78, 5) is 17.3. The van der Waals surface area contributed by atoms with Crippen molar-refractivity contribution < 1.29 is 95.1 Å². The molecule has 8 radical (unpaired) electrons. The van der Waals surface area contributed by atoms with Crippen LogP contribution in [0.2, 0.25) is 0 Å². The van der Waals surface area contributed by atoms with Crippen molar-refractivity contribution in [3.8, 4) is 0 Å². The minimum absolute atomic E-state index is 0. The first-order valence-electron chi connectivity index (χ1n) is 20.7. The van der Waals surface area contributed by atoms with Gasteiger partial charge in [-0.25, -0.2) is 0 Å². The van der Waals surface area contributed by atoms with Crippen molar-refractivity contribution in [2.24, 2.45) is 0 Å². The van der Waals surface area contributed by atoms with E-state index in [0.717, 1.165) is 65.2 Å². The van der Waals surface area contributed by atoms with Crippen LogP contribution in [0.1, 0.15) is 12.8 Å². The standard InChI is InChI=1S/2C23H24N4.2Ag.2F6P/c2*1-3-14-24-18-26(22-12-7-5-10-20(22)24)16-9-17-27-19-25(15-4-2)21-11-6-8-13-23(21)27;;;2*1-7(2,3,4,5)6/h2*3-8,10-13H,1-2,9,14-17H2;;;;/q;;2*+1;2*-1. The molecule has 4 heterocycles. The summed E-state index contributed by atoms with van der Waals surface area (Å²) in [5, 5.41) is 0. The van der Waals surface area contributed by atoms with E-state index in [-0.39, 0.29) is 44.8 Å². The molecule has 0 aromatic heterocycles. The molecule has 0 fully saturated rings. The topological polar surface area (TPSA) is 25.9 Å². The molecule has 0 bridgehead atoms. The van der Waals surface area contributed by atoms with Crippen molar-refractivity contribution in [2.45, 2.75) is 12.8 Å². The van der Waals surface area contributed by atoms with Crippen LogP contribution in [-0.4, -0.2) is 52.4 Å². The number of hydrogen-bond donors (Lipinski definition) is 0. The number of para-hydroxylation sites is 8. The predicted molar refractivity (Wildman–Crippen MR) is 255 cm³/mol. The molecule has 388 valence electrons. The van der Waals surface area contributed by atoms with Gasteiger partial charge in [0.1, 0.15) is 0 Å². The van der Waals surface area contributed by atoms with Gasteiger partial charge in [-0.3, -0.25) is 0 Å². The maximum atomic E-state index is 9.87. The SMILES string of the molecule is C=CCN1[C]N(CCCN2[C]N(CC=C)c3ccccc32)c2ccccc21.C=CCN1[C]N(CCCN2[C]N(CC=C)c3ccccc32)c2ccccc21.F[P-](F)(F)(F)(F)F.F[P-](F)(F)(F)(F)F.[Ag+].[Ag+].